The molecule has 39 heavy (non-hydrogen) atoms. The van der Waals surface area contributed by atoms with Crippen LogP contribution in [-0.4, -0.2) is 33.6 Å². The molecule has 0 fully saturated rings. The predicted molar refractivity (Wildman–Crippen MR) is 162 cm³/mol. The van der Waals surface area contributed by atoms with Crippen LogP contribution >= 0.6 is 62.5 Å². The van der Waals surface area contributed by atoms with E-state index in [0.717, 1.165) is 5.56 Å². The molecule has 0 radical (unpaired) electrons. The summed E-state index contributed by atoms with van der Waals surface area (Å²) in [6.07, 6.45) is 1.58. The van der Waals surface area contributed by atoms with Crippen molar-refractivity contribution in [2.75, 3.05) is 6.61 Å². The van der Waals surface area contributed by atoms with Crippen molar-refractivity contribution >= 4 is 90.5 Å². The quantitative estimate of drug-likeness (QED) is 0.258. The van der Waals surface area contributed by atoms with E-state index >= 15 is 0 Å². The van der Waals surface area contributed by atoms with E-state index in [2.05, 4.69) is 26.0 Å². The Morgan fingerprint density at radius 1 is 1.08 bits per heavy atom. The second-order valence-corrected chi connectivity index (χ2v) is 11.3. The number of nitrogens with zero attached hydrogens (tertiary/aromatic N) is 3. The highest BCUT2D eigenvalue weighted by Gasteiger charge is 2.36. The van der Waals surface area contributed by atoms with Crippen molar-refractivity contribution in [3.8, 4) is 11.5 Å². The van der Waals surface area contributed by atoms with E-state index in [0.29, 0.717) is 59.0 Å². The number of aliphatic imine (C=N–C) groups is 1. The Morgan fingerprint density at radius 2 is 1.87 bits per heavy atom. The Balaban J connectivity index is 1.43. The number of rotatable bonds is 7. The van der Waals surface area contributed by atoms with E-state index in [9.17, 15) is 4.79 Å². The van der Waals surface area contributed by atoms with Crippen LogP contribution in [0.3, 0.4) is 0 Å². The first-order valence-corrected chi connectivity index (χ1v) is 14.3. The third-order valence-electron chi connectivity index (χ3n) is 5.59. The lowest BCUT2D eigenvalue weighted by Crippen LogP contribution is -2.35. The summed E-state index contributed by atoms with van der Waals surface area (Å²) in [5.41, 5.74) is 2.15. The lowest BCUT2D eigenvalue weighted by atomic mass is 10.1. The van der Waals surface area contributed by atoms with Crippen LogP contribution in [0.2, 0.25) is 15.1 Å². The van der Waals surface area contributed by atoms with Gasteiger partial charge in [0.25, 0.3) is 5.91 Å². The third-order valence-corrected chi connectivity index (χ3v) is 8.04. The van der Waals surface area contributed by atoms with Gasteiger partial charge in [0.2, 0.25) is 5.17 Å². The number of fused-ring (bicyclic) bond motifs is 1. The number of amidine groups is 2. The fourth-order valence-corrected chi connectivity index (χ4v) is 6.01. The molecule has 198 valence electrons. The fraction of sp³-hybridized carbons (Fsp3) is 0.111. The van der Waals surface area contributed by atoms with Crippen LogP contribution < -0.4 is 9.47 Å². The van der Waals surface area contributed by atoms with Crippen molar-refractivity contribution in [2.45, 2.75) is 13.5 Å². The van der Waals surface area contributed by atoms with Crippen LogP contribution in [0.5, 0.6) is 11.5 Å². The van der Waals surface area contributed by atoms with Crippen molar-refractivity contribution in [1.29, 1.82) is 5.41 Å². The van der Waals surface area contributed by atoms with Gasteiger partial charge in [0.05, 0.1) is 21.7 Å². The SMILES string of the molecule is CCOc1cc(/C=C2/C(=N)N3N=C(c4ccccc4Cl)SC3=NC2=O)cc(Br)c1OCc1ccc(Cl)cc1Cl. The molecule has 0 saturated heterocycles. The average Bonchev–Trinajstić information content (AvgIpc) is 3.31. The normalized spacial score (nSPS) is 15.8. The molecule has 0 bridgehead atoms. The van der Waals surface area contributed by atoms with Gasteiger partial charge in [-0.2, -0.15) is 15.1 Å². The summed E-state index contributed by atoms with van der Waals surface area (Å²) in [4.78, 5) is 17.1. The van der Waals surface area contributed by atoms with Gasteiger partial charge in [-0.15, -0.1) is 0 Å². The van der Waals surface area contributed by atoms with Crippen LogP contribution in [0.15, 0.2) is 74.7 Å². The zero-order valence-corrected chi connectivity index (χ0v) is 24.8. The molecule has 5 rings (SSSR count). The topological polar surface area (TPSA) is 87.3 Å². The van der Waals surface area contributed by atoms with Crippen LogP contribution in [0.25, 0.3) is 6.08 Å². The summed E-state index contributed by atoms with van der Waals surface area (Å²) in [5.74, 6) is 0.298. The maximum absolute atomic E-state index is 12.9. The number of hydrazone groups is 1. The molecular formula is C27H18BrCl3N4O3S. The van der Waals surface area contributed by atoms with E-state index in [-0.39, 0.29) is 18.0 Å². The first kappa shape index (κ1) is 27.7. The van der Waals surface area contributed by atoms with Gasteiger partial charge in [-0.3, -0.25) is 10.2 Å². The summed E-state index contributed by atoms with van der Waals surface area (Å²) in [7, 11) is 0. The second kappa shape index (κ2) is 11.7. The Morgan fingerprint density at radius 3 is 2.62 bits per heavy atom. The molecule has 1 amide bonds. The van der Waals surface area contributed by atoms with Crippen LogP contribution in [0.1, 0.15) is 23.6 Å². The van der Waals surface area contributed by atoms with E-state index in [1.54, 1.807) is 42.5 Å². The molecule has 12 heteroatoms. The van der Waals surface area contributed by atoms with Crippen molar-refractivity contribution in [3.05, 3.63) is 96.4 Å². The summed E-state index contributed by atoms with van der Waals surface area (Å²) in [6.45, 7) is 2.43. The van der Waals surface area contributed by atoms with Crippen molar-refractivity contribution in [1.82, 2.24) is 5.01 Å². The van der Waals surface area contributed by atoms with Gasteiger partial charge in [-0.25, -0.2) is 0 Å². The Kier molecular flexibility index (Phi) is 8.35. The van der Waals surface area contributed by atoms with Crippen LogP contribution in [-0.2, 0) is 11.4 Å². The summed E-state index contributed by atoms with van der Waals surface area (Å²) in [5, 5.41) is 16.9. The molecule has 1 N–H and O–H groups in total. The zero-order valence-electron chi connectivity index (χ0n) is 20.2. The van der Waals surface area contributed by atoms with Gasteiger partial charge in [-0.05, 0) is 76.6 Å². The van der Waals surface area contributed by atoms with E-state index in [4.69, 9.17) is 49.7 Å². The Bertz CT molecular complexity index is 1610. The Hall–Kier alpha value is -2.82. The molecule has 3 aromatic carbocycles. The highest BCUT2D eigenvalue weighted by Crippen LogP contribution is 2.39. The first-order chi connectivity index (χ1) is 18.7. The van der Waals surface area contributed by atoms with E-state index < -0.39 is 5.91 Å². The van der Waals surface area contributed by atoms with Crippen molar-refractivity contribution in [2.24, 2.45) is 10.1 Å². The first-order valence-electron chi connectivity index (χ1n) is 11.5. The van der Waals surface area contributed by atoms with E-state index in [1.807, 2.05) is 25.1 Å². The number of carbonyl (C=O) groups is 1. The smallest absolute Gasteiger partial charge is 0.283 e. The van der Waals surface area contributed by atoms with Gasteiger partial charge in [0, 0.05) is 21.2 Å². The summed E-state index contributed by atoms with van der Waals surface area (Å²) >= 11 is 23.3. The highest BCUT2D eigenvalue weighted by atomic mass is 79.9. The molecule has 2 heterocycles. The van der Waals surface area contributed by atoms with Gasteiger partial charge in [0.15, 0.2) is 17.3 Å². The number of hydrogen-bond acceptors (Lipinski definition) is 6. The number of carbonyl (C=O) groups excluding carboxylic acids is 1. The molecule has 0 atom stereocenters. The largest absolute Gasteiger partial charge is 0.490 e. The second-order valence-electron chi connectivity index (χ2n) is 8.19. The predicted octanol–water partition coefficient (Wildman–Crippen LogP) is 8.05. The number of halogens is 4. The summed E-state index contributed by atoms with van der Waals surface area (Å²) < 4.78 is 12.5. The number of thioether (sulfide) groups is 1. The Labute approximate surface area is 252 Å². The molecule has 0 saturated carbocycles. The van der Waals surface area contributed by atoms with Crippen molar-refractivity contribution < 1.29 is 14.3 Å². The maximum Gasteiger partial charge on any atom is 0.283 e. The minimum absolute atomic E-state index is 0.0828. The lowest BCUT2D eigenvalue weighted by Gasteiger charge is -2.20. The van der Waals surface area contributed by atoms with Gasteiger partial charge in [0.1, 0.15) is 11.7 Å². The molecule has 0 aromatic heterocycles. The molecule has 0 unspecified atom stereocenters. The molecular weight excluding hydrogens is 647 g/mol. The van der Waals surface area contributed by atoms with Crippen LogP contribution in [0, 0.1) is 5.41 Å². The number of ether oxygens (including phenoxy) is 2. The summed E-state index contributed by atoms with van der Waals surface area (Å²) in [6, 6.07) is 15.9. The van der Waals surface area contributed by atoms with Crippen molar-refractivity contribution in [3.63, 3.8) is 0 Å². The van der Waals surface area contributed by atoms with Gasteiger partial charge < -0.3 is 9.47 Å². The highest BCUT2D eigenvalue weighted by molar-refractivity contribution is 9.10. The molecule has 2 aliphatic rings. The number of benzene rings is 3. The molecule has 7 nitrogen and oxygen atoms in total. The standard InChI is InChI=1S/C27H18BrCl3N4O3S/c1-2-37-22-11-14(10-19(28)23(22)38-13-15-7-8-16(29)12-21(15)31)9-18-24(32)35-27(33-25(18)36)39-26(34-35)17-5-3-4-6-20(17)30/h3-12,32H,2,13H2,1H3/b18-9-,32-24?. The lowest BCUT2D eigenvalue weighted by molar-refractivity contribution is -0.114. The molecule has 0 spiro atoms. The fourth-order valence-electron chi connectivity index (χ4n) is 3.77. The molecule has 3 aromatic rings. The van der Waals surface area contributed by atoms with E-state index in [1.165, 1.54) is 16.8 Å². The van der Waals surface area contributed by atoms with Gasteiger partial charge in [-0.1, -0.05) is 59.1 Å². The minimum atomic E-state index is -0.541. The molecule has 2 aliphatic heterocycles. The average molecular weight is 665 g/mol. The number of hydrogen-bond donors (Lipinski definition) is 1. The third kappa shape index (κ3) is 5.88. The van der Waals surface area contributed by atoms with Crippen LogP contribution in [0.4, 0.5) is 0 Å². The zero-order chi connectivity index (χ0) is 27.7. The maximum atomic E-state index is 12.9. The number of nitrogens with one attached hydrogen (secondary N) is 1. The van der Waals surface area contributed by atoms with Gasteiger partial charge >= 0.3 is 0 Å². The number of amides is 1. The monoisotopic (exact) mass is 662 g/mol. The molecule has 0 aliphatic carbocycles. The minimum Gasteiger partial charge on any atom is -0.490 e.